The van der Waals surface area contributed by atoms with E-state index in [2.05, 4.69) is 13.5 Å². The van der Waals surface area contributed by atoms with E-state index in [0.717, 1.165) is 6.42 Å². The lowest BCUT2D eigenvalue weighted by atomic mass is 10.0. The lowest BCUT2D eigenvalue weighted by Crippen LogP contribution is -1.84. The van der Waals surface area contributed by atoms with Crippen LogP contribution in [0.1, 0.15) is 96.8 Å². The molecule has 2 nitrogen and oxygen atoms in total. The van der Waals surface area contributed by atoms with Crippen LogP contribution >= 0.6 is 0 Å². The van der Waals surface area contributed by atoms with E-state index in [0.29, 0.717) is 6.61 Å². The molecule has 0 amide bonds. The molecular formula is C19H40O2. The number of rotatable bonds is 15. The molecule has 0 aromatic heterocycles. The summed E-state index contributed by atoms with van der Waals surface area (Å²) in [6, 6.07) is 0. The lowest BCUT2D eigenvalue weighted by Gasteiger charge is -2.02. The molecule has 0 unspecified atom stereocenters. The second-order valence-corrected chi connectivity index (χ2v) is 5.79. The summed E-state index contributed by atoms with van der Waals surface area (Å²) in [6.07, 6.45) is 20.6. The number of hydrogen-bond acceptors (Lipinski definition) is 2. The highest BCUT2D eigenvalue weighted by Crippen LogP contribution is 2.12. The molecule has 0 saturated heterocycles. The number of unbranched alkanes of at least 4 members (excludes halogenated alkanes) is 13. The van der Waals surface area contributed by atoms with E-state index in [1.165, 1.54) is 89.5 Å². The van der Waals surface area contributed by atoms with Crippen molar-refractivity contribution in [3.63, 3.8) is 0 Å². The molecule has 0 rings (SSSR count). The van der Waals surface area contributed by atoms with E-state index >= 15 is 0 Å². The van der Waals surface area contributed by atoms with Crippen LogP contribution < -0.4 is 0 Å². The summed E-state index contributed by atoms with van der Waals surface area (Å²) < 4.78 is 0. The van der Waals surface area contributed by atoms with Crippen LogP contribution in [0.25, 0.3) is 0 Å². The molecule has 2 N–H and O–H groups in total. The Morgan fingerprint density at radius 2 is 0.905 bits per heavy atom. The smallest absolute Gasteiger partial charge is 0.0609 e. The molecule has 0 aromatic carbocycles. The van der Waals surface area contributed by atoms with Gasteiger partial charge in [0.15, 0.2) is 0 Å². The zero-order chi connectivity index (χ0) is 16.0. The zero-order valence-electron chi connectivity index (χ0n) is 14.5. The third-order valence-corrected chi connectivity index (χ3v) is 3.64. The van der Waals surface area contributed by atoms with Crippen molar-refractivity contribution in [2.45, 2.75) is 96.8 Å². The summed E-state index contributed by atoms with van der Waals surface area (Å²) in [7, 11) is 0. The summed E-state index contributed by atoms with van der Waals surface area (Å²) in [5.41, 5.74) is 0. The van der Waals surface area contributed by atoms with Crippen LogP contribution in [0, 0.1) is 0 Å². The van der Waals surface area contributed by atoms with Crippen LogP contribution in [-0.2, 0) is 0 Å². The van der Waals surface area contributed by atoms with E-state index in [4.69, 9.17) is 10.2 Å². The molecule has 0 radical (unpaired) electrons. The molecule has 0 atom stereocenters. The van der Waals surface area contributed by atoms with Crippen LogP contribution in [0.3, 0.4) is 0 Å². The van der Waals surface area contributed by atoms with Crippen LogP contribution in [0.2, 0.25) is 0 Å². The van der Waals surface area contributed by atoms with E-state index in [-0.39, 0.29) is 6.61 Å². The van der Waals surface area contributed by atoms with Gasteiger partial charge in [-0.2, -0.15) is 0 Å². The summed E-state index contributed by atoms with van der Waals surface area (Å²) in [5, 5.41) is 16.4. The van der Waals surface area contributed by atoms with Crippen LogP contribution in [0.4, 0.5) is 0 Å². The maximum Gasteiger partial charge on any atom is 0.0609 e. The van der Waals surface area contributed by atoms with Gasteiger partial charge in [-0.1, -0.05) is 96.5 Å². The molecule has 0 saturated carbocycles. The van der Waals surface area contributed by atoms with Crippen LogP contribution in [0.15, 0.2) is 12.7 Å². The van der Waals surface area contributed by atoms with Gasteiger partial charge in [0.2, 0.25) is 0 Å². The second kappa shape index (κ2) is 24.7. The molecule has 21 heavy (non-hydrogen) atoms. The molecule has 0 aliphatic rings. The molecule has 0 aromatic rings. The van der Waals surface area contributed by atoms with Crippen molar-refractivity contribution in [2.24, 2.45) is 0 Å². The maximum atomic E-state index is 8.64. The van der Waals surface area contributed by atoms with Crippen molar-refractivity contribution in [3.05, 3.63) is 12.7 Å². The standard InChI is InChI=1S/C16H34O.C3H6O/c1-2-3-4-5-6-7-8-9-10-11-12-13-14-15-16-17;1-2-3-4/h17H,2-16H2,1H3;2,4H,1,3H2. The molecule has 0 aliphatic carbocycles. The Hall–Kier alpha value is -0.340. The van der Waals surface area contributed by atoms with Crippen LogP contribution in [0.5, 0.6) is 0 Å². The SMILES string of the molecule is C=CCO.CCCCCCCCCCCCCCCCO. The second-order valence-electron chi connectivity index (χ2n) is 5.79. The van der Waals surface area contributed by atoms with Crippen molar-refractivity contribution in [2.75, 3.05) is 13.2 Å². The molecule has 0 fully saturated rings. The summed E-state index contributed by atoms with van der Waals surface area (Å²) in [6.45, 7) is 5.96. The molecule has 2 heteroatoms. The van der Waals surface area contributed by atoms with Gasteiger partial charge in [-0.3, -0.25) is 0 Å². The van der Waals surface area contributed by atoms with E-state index in [9.17, 15) is 0 Å². The lowest BCUT2D eigenvalue weighted by molar-refractivity contribution is 0.282. The molecule has 0 heterocycles. The minimum absolute atomic E-state index is 0.0833. The molecule has 128 valence electrons. The molecule has 0 aliphatic heterocycles. The summed E-state index contributed by atoms with van der Waals surface area (Å²) >= 11 is 0. The zero-order valence-corrected chi connectivity index (χ0v) is 14.5. The Bertz CT molecular complexity index is 155. The van der Waals surface area contributed by atoms with Crippen molar-refractivity contribution in [1.82, 2.24) is 0 Å². The maximum absolute atomic E-state index is 8.64. The van der Waals surface area contributed by atoms with Gasteiger partial charge in [0.05, 0.1) is 6.61 Å². The summed E-state index contributed by atoms with van der Waals surface area (Å²) in [4.78, 5) is 0. The first-order chi connectivity index (χ1) is 10.3. The first kappa shape index (κ1) is 22.9. The highest BCUT2D eigenvalue weighted by atomic mass is 16.3. The van der Waals surface area contributed by atoms with Gasteiger partial charge in [-0.05, 0) is 6.42 Å². The first-order valence-corrected chi connectivity index (χ1v) is 9.16. The van der Waals surface area contributed by atoms with Gasteiger partial charge in [-0.25, -0.2) is 0 Å². The van der Waals surface area contributed by atoms with Gasteiger partial charge in [0, 0.05) is 6.61 Å². The largest absolute Gasteiger partial charge is 0.396 e. The Balaban J connectivity index is 0. The number of aliphatic hydroxyl groups excluding tert-OH is 2. The fourth-order valence-electron chi connectivity index (χ4n) is 2.31. The van der Waals surface area contributed by atoms with Gasteiger partial charge >= 0.3 is 0 Å². The normalized spacial score (nSPS) is 10.0. The van der Waals surface area contributed by atoms with E-state index < -0.39 is 0 Å². The van der Waals surface area contributed by atoms with E-state index in [1.807, 2.05) is 0 Å². The highest BCUT2D eigenvalue weighted by molar-refractivity contribution is 4.60. The Kier molecular flexibility index (Phi) is 26.9. The van der Waals surface area contributed by atoms with Gasteiger partial charge < -0.3 is 10.2 Å². The van der Waals surface area contributed by atoms with Crippen molar-refractivity contribution >= 4 is 0 Å². The summed E-state index contributed by atoms with van der Waals surface area (Å²) in [5.74, 6) is 0. The topological polar surface area (TPSA) is 40.5 Å². The molecule has 0 bridgehead atoms. The van der Waals surface area contributed by atoms with Gasteiger partial charge in [0.1, 0.15) is 0 Å². The van der Waals surface area contributed by atoms with Crippen LogP contribution in [-0.4, -0.2) is 23.4 Å². The van der Waals surface area contributed by atoms with Crippen molar-refractivity contribution in [3.8, 4) is 0 Å². The third kappa shape index (κ3) is 28.5. The van der Waals surface area contributed by atoms with Gasteiger partial charge in [-0.15, -0.1) is 6.58 Å². The highest BCUT2D eigenvalue weighted by Gasteiger charge is 1.93. The quantitative estimate of drug-likeness (QED) is 0.304. The predicted molar refractivity (Wildman–Crippen MR) is 94.7 cm³/mol. The monoisotopic (exact) mass is 300 g/mol. The number of hydrogen-bond donors (Lipinski definition) is 2. The molecule has 0 spiro atoms. The van der Waals surface area contributed by atoms with Gasteiger partial charge in [0.25, 0.3) is 0 Å². The average molecular weight is 301 g/mol. The minimum Gasteiger partial charge on any atom is -0.396 e. The number of aliphatic hydroxyl groups is 2. The average Bonchev–Trinajstić information content (AvgIpc) is 2.52. The van der Waals surface area contributed by atoms with E-state index in [1.54, 1.807) is 0 Å². The molecular weight excluding hydrogens is 260 g/mol. The van der Waals surface area contributed by atoms with Crippen molar-refractivity contribution in [1.29, 1.82) is 0 Å². The Morgan fingerprint density at radius 1 is 0.619 bits per heavy atom. The fraction of sp³-hybridized carbons (Fsp3) is 0.895. The Labute approximate surface area is 133 Å². The third-order valence-electron chi connectivity index (χ3n) is 3.64. The first-order valence-electron chi connectivity index (χ1n) is 9.16. The Morgan fingerprint density at radius 3 is 1.14 bits per heavy atom. The fourth-order valence-corrected chi connectivity index (χ4v) is 2.31. The van der Waals surface area contributed by atoms with Crippen molar-refractivity contribution < 1.29 is 10.2 Å². The predicted octanol–water partition coefficient (Wildman–Crippen LogP) is 5.62. The minimum atomic E-state index is 0.0833.